The Labute approximate surface area is 207 Å². The van der Waals surface area contributed by atoms with E-state index >= 15 is 0 Å². The van der Waals surface area contributed by atoms with Gasteiger partial charge in [-0.2, -0.15) is 0 Å². The Morgan fingerprint density at radius 1 is 0.912 bits per heavy atom. The average Bonchev–Trinajstić information content (AvgIpc) is 3.22. The molecule has 1 atom stereocenters. The first kappa shape index (κ1) is 25.7. The quantitative estimate of drug-likeness (QED) is 0.434. The van der Waals surface area contributed by atoms with E-state index in [1.54, 1.807) is 6.07 Å². The highest BCUT2D eigenvalue weighted by atomic mass is 19.1. The van der Waals surface area contributed by atoms with Gasteiger partial charge in [0.15, 0.2) is 0 Å². The van der Waals surface area contributed by atoms with Crippen molar-refractivity contribution in [1.82, 2.24) is 9.88 Å². The fraction of sp³-hybridized carbons (Fsp3) is 0.733. The minimum absolute atomic E-state index is 0. The van der Waals surface area contributed by atoms with Crippen molar-refractivity contribution in [3.05, 3.63) is 35.8 Å². The van der Waals surface area contributed by atoms with Gasteiger partial charge in [-0.1, -0.05) is 46.0 Å². The van der Waals surface area contributed by atoms with E-state index in [2.05, 4.69) is 16.1 Å². The Hall–Kier alpha value is -1.39. The normalized spacial score (nSPS) is 25.8. The Morgan fingerprint density at radius 2 is 1.59 bits per heavy atom. The Kier molecular flexibility index (Phi) is 9.09. The summed E-state index contributed by atoms with van der Waals surface area (Å²) >= 11 is 0. The van der Waals surface area contributed by atoms with Crippen LogP contribution in [0.2, 0.25) is 0 Å². The van der Waals surface area contributed by atoms with Gasteiger partial charge in [-0.15, -0.1) is 0 Å². The minimum atomic E-state index is -0.0933. The molecule has 3 saturated carbocycles. The van der Waals surface area contributed by atoms with Gasteiger partial charge in [0.05, 0.1) is 0 Å². The maximum atomic E-state index is 14.5. The second-order valence-electron chi connectivity index (χ2n) is 11.3. The average molecular weight is 470 g/mol. The van der Waals surface area contributed by atoms with Gasteiger partial charge in [-0.3, -0.25) is 0 Å². The second-order valence-corrected chi connectivity index (χ2v) is 11.3. The predicted molar refractivity (Wildman–Crippen MR) is 143 cm³/mol. The van der Waals surface area contributed by atoms with Gasteiger partial charge in [0, 0.05) is 35.2 Å². The van der Waals surface area contributed by atoms with Crippen molar-refractivity contribution in [3.63, 3.8) is 0 Å². The molecular formula is C30H48FN3. The lowest BCUT2D eigenvalue weighted by Crippen LogP contribution is -2.38. The van der Waals surface area contributed by atoms with Crippen molar-refractivity contribution < 1.29 is 4.39 Å². The number of hydrogen-bond donors (Lipinski definition) is 2. The molecule has 2 aromatic rings. The molecule has 1 aromatic heterocycles. The molecule has 3 aliphatic rings. The fourth-order valence-corrected chi connectivity index (χ4v) is 7.16. The number of benzene rings is 1. The zero-order valence-corrected chi connectivity index (χ0v) is 20.4. The van der Waals surface area contributed by atoms with Gasteiger partial charge in [-0.25, -0.2) is 4.39 Å². The third-order valence-electron chi connectivity index (χ3n) is 9.07. The number of nitrogens with one attached hydrogen (secondary N) is 1. The van der Waals surface area contributed by atoms with Crippen LogP contribution in [0.3, 0.4) is 0 Å². The first-order valence-electron chi connectivity index (χ1n) is 14.0. The topological polar surface area (TPSA) is 43.0 Å². The van der Waals surface area contributed by atoms with Gasteiger partial charge in [0.25, 0.3) is 0 Å². The standard InChI is InChI=1S/C29H44FN3.CH4/c30-22-11-16-29-27(19-22)28(20-33(29)25-9-5-2-6-10-25)26(21-7-3-1-4-8-21)17-18-32-24-14-12-23(31)13-15-24;/h11,16,19-21,23-26,32H,1-10,12-15,17-18,31H2;1H4. The van der Waals surface area contributed by atoms with E-state index in [4.69, 9.17) is 5.73 Å². The summed E-state index contributed by atoms with van der Waals surface area (Å²) in [4.78, 5) is 0. The summed E-state index contributed by atoms with van der Waals surface area (Å²) in [5, 5.41) is 5.06. The summed E-state index contributed by atoms with van der Waals surface area (Å²) in [6.07, 6.45) is 21.6. The van der Waals surface area contributed by atoms with Crippen LogP contribution in [0.5, 0.6) is 0 Å². The van der Waals surface area contributed by atoms with Gasteiger partial charge >= 0.3 is 0 Å². The van der Waals surface area contributed by atoms with Crippen LogP contribution in [0.25, 0.3) is 10.9 Å². The molecule has 0 radical (unpaired) electrons. The number of aromatic nitrogens is 1. The summed E-state index contributed by atoms with van der Waals surface area (Å²) < 4.78 is 17.0. The second kappa shape index (κ2) is 12.0. The van der Waals surface area contributed by atoms with E-state index in [0.717, 1.165) is 31.7 Å². The molecule has 1 unspecified atom stereocenters. The Balaban J connectivity index is 0.00000274. The first-order valence-corrected chi connectivity index (χ1v) is 14.0. The highest BCUT2D eigenvalue weighted by Gasteiger charge is 2.29. The van der Waals surface area contributed by atoms with Crippen LogP contribution < -0.4 is 11.1 Å². The molecule has 0 saturated heterocycles. The maximum absolute atomic E-state index is 14.5. The van der Waals surface area contributed by atoms with Gasteiger partial charge < -0.3 is 15.6 Å². The summed E-state index contributed by atoms with van der Waals surface area (Å²) in [6.45, 7) is 1.06. The summed E-state index contributed by atoms with van der Waals surface area (Å²) in [6, 6.07) is 7.14. The SMILES string of the molecule is C.NC1CCC(NCCC(c2cn(C3CCCCC3)c3ccc(F)cc23)C2CCCCC2)CC1. The molecule has 190 valence electrons. The molecule has 0 amide bonds. The molecule has 1 aromatic carbocycles. The van der Waals surface area contributed by atoms with E-state index in [-0.39, 0.29) is 13.2 Å². The smallest absolute Gasteiger partial charge is 0.123 e. The first-order chi connectivity index (χ1) is 16.2. The molecule has 3 N–H and O–H groups in total. The van der Waals surface area contributed by atoms with Crippen molar-refractivity contribution in [2.75, 3.05) is 6.54 Å². The maximum Gasteiger partial charge on any atom is 0.123 e. The monoisotopic (exact) mass is 469 g/mol. The zero-order valence-electron chi connectivity index (χ0n) is 20.4. The largest absolute Gasteiger partial charge is 0.344 e. The number of rotatable bonds is 7. The lowest BCUT2D eigenvalue weighted by Gasteiger charge is -2.32. The molecule has 0 aliphatic heterocycles. The van der Waals surface area contributed by atoms with Crippen LogP contribution in [0, 0.1) is 11.7 Å². The molecular weight excluding hydrogens is 421 g/mol. The van der Waals surface area contributed by atoms with Gasteiger partial charge in [-0.05, 0) is 99.9 Å². The number of nitrogens with zero attached hydrogens (tertiary/aromatic N) is 1. The van der Waals surface area contributed by atoms with E-state index < -0.39 is 0 Å². The van der Waals surface area contributed by atoms with Gasteiger partial charge in [0.2, 0.25) is 0 Å². The number of hydrogen-bond acceptors (Lipinski definition) is 2. The minimum Gasteiger partial charge on any atom is -0.344 e. The molecule has 3 fully saturated rings. The van der Waals surface area contributed by atoms with Crippen LogP contribution in [0.4, 0.5) is 4.39 Å². The summed E-state index contributed by atoms with van der Waals surface area (Å²) in [5.74, 6) is 1.16. The zero-order chi connectivity index (χ0) is 22.6. The number of halogens is 1. The van der Waals surface area contributed by atoms with Crippen LogP contribution in [0.15, 0.2) is 24.4 Å². The van der Waals surface area contributed by atoms with E-state index in [1.807, 2.05) is 12.1 Å². The van der Waals surface area contributed by atoms with Crippen molar-refractivity contribution in [2.24, 2.45) is 11.7 Å². The molecule has 3 nitrogen and oxygen atoms in total. The third-order valence-corrected chi connectivity index (χ3v) is 9.07. The predicted octanol–water partition coefficient (Wildman–Crippen LogP) is 7.84. The molecule has 4 heteroatoms. The Morgan fingerprint density at radius 3 is 2.29 bits per heavy atom. The van der Waals surface area contributed by atoms with E-state index in [1.165, 1.54) is 93.5 Å². The van der Waals surface area contributed by atoms with E-state index in [9.17, 15) is 4.39 Å². The van der Waals surface area contributed by atoms with Crippen molar-refractivity contribution in [1.29, 1.82) is 0 Å². The Bertz CT molecular complexity index is 886. The highest BCUT2D eigenvalue weighted by Crippen LogP contribution is 2.43. The fourth-order valence-electron chi connectivity index (χ4n) is 7.16. The van der Waals surface area contributed by atoms with Crippen LogP contribution in [-0.2, 0) is 0 Å². The molecule has 3 aliphatic carbocycles. The molecule has 34 heavy (non-hydrogen) atoms. The van der Waals surface area contributed by atoms with Crippen molar-refractivity contribution in [3.8, 4) is 0 Å². The number of nitrogens with two attached hydrogens (primary N) is 1. The molecule has 1 heterocycles. The van der Waals surface area contributed by atoms with Crippen LogP contribution >= 0.6 is 0 Å². The molecule has 0 bridgehead atoms. The lowest BCUT2D eigenvalue weighted by molar-refractivity contribution is 0.282. The third kappa shape index (κ3) is 5.87. The highest BCUT2D eigenvalue weighted by molar-refractivity contribution is 5.85. The van der Waals surface area contributed by atoms with Gasteiger partial charge in [0.1, 0.15) is 5.82 Å². The summed E-state index contributed by atoms with van der Waals surface area (Å²) in [5.41, 5.74) is 8.80. The molecule has 0 spiro atoms. The van der Waals surface area contributed by atoms with Crippen molar-refractivity contribution >= 4 is 10.9 Å². The van der Waals surface area contributed by atoms with Crippen LogP contribution in [0.1, 0.15) is 121 Å². The molecule has 5 rings (SSSR count). The summed E-state index contributed by atoms with van der Waals surface area (Å²) in [7, 11) is 0. The van der Waals surface area contributed by atoms with E-state index in [0.29, 0.717) is 24.0 Å². The lowest BCUT2D eigenvalue weighted by atomic mass is 9.75. The van der Waals surface area contributed by atoms with Crippen molar-refractivity contribution in [2.45, 2.75) is 128 Å². The van der Waals surface area contributed by atoms with Crippen LogP contribution in [-0.4, -0.2) is 23.2 Å². The number of fused-ring (bicyclic) bond motifs is 1.